The number of benzene rings is 1. The van der Waals surface area contributed by atoms with Gasteiger partial charge in [0.25, 0.3) is 0 Å². The van der Waals surface area contributed by atoms with Gasteiger partial charge in [-0.2, -0.15) is 0 Å². The SMILES string of the molecule is COc1ccc(-c2cnc(SCC(=O)Nc3cc(C)on3)n2CC(C)C)cc1. The average molecular weight is 401 g/mol. The molecule has 0 fully saturated rings. The Hall–Kier alpha value is -2.74. The fourth-order valence-corrected chi connectivity index (χ4v) is 3.53. The number of imidazole rings is 1. The average Bonchev–Trinajstić information content (AvgIpc) is 3.25. The summed E-state index contributed by atoms with van der Waals surface area (Å²) in [5.74, 6) is 2.42. The number of anilines is 1. The van der Waals surface area contributed by atoms with E-state index in [4.69, 9.17) is 9.26 Å². The summed E-state index contributed by atoms with van der Waals surface area (Å²) >= 11 is 1.40. The highest BCUT2D eigenvalue weighted by Gasteiger charge is 2.15. The second-order valence-corrected chi connectivity index (χ2v) is 7.76. The third-order valence-corrected chi connectivity index (χ3v) is 4.97. The molecule has 28 heavy (non-hydrogen) atoms. The fraction of sp³-hybridized carbons (Fsp3) is 0.350. The lowest BCUT2D eigenvalue weighted by Gasteiger charge is -2.14. The molecule has 0 aliphatic rings. The summed E-state index contributed by atoms with van der Waals surface area (Å²) < 4.78 is 12.4. The first-order valence-electron chi connectivity index (χ1n) is 9.02. The molecule has 1 N–H and O–H groups in total. The minimum Gasteiger partial charge on any atom is -0.497 e. The summed E-state index contributed by atoms with van der Waals surface area (Å²) in [5, 5.41) is 7.32. The molecule has 0 bridgehead atoms. The topological polar surface area (TPSA) is 82.2 Å². The molecule has 0 unspecified atom stereocenters. The Morgan fingerprint density at radius 1 is 1.32 bits per heavy atom. The number of thioether (sulfide) groups is 1. The molecule has 148 valence electrons. The van der Waals surface area contributed by atoms with Crippen LogP contribution in [0.3, 0.4) is 0 Å². The molecule has 0 aliphatic heterocycles. The number of methoxy groups -OCH3 is 1. The number of aromatic nitrogens is 3. The number of nitrogens with one attached hydrogen (secondary N) is 1. The van der Waals surface area contributed by atoms with Crippen LogP contribution in [0.5, 0.6) is 5.75 Å². The number of aryl methyl sites for hydroxylation is 1. The molecule has 3 rings (SSSR count). The van der Waals surface area contributed by atoms with Crippen LogP contribution in [0.25, 0.3) is 11.3 Å². The Morgan fingerprint density at radius 3 is 2.68 bits per heavy atom. The molecular weight excluding hydrogens is 376 g/mol. The molecule has 0 radical (unpaired) electrons. The van der Waals surface area contributed by atoms with E-state index in [-0.39, 0.29) is 11.7 Å². The molecule has 0 spiro atoms. The Bertz CT molecular complexity index is 931. The van der Waals surface area contributed by atoms with Crippen molar-refractivity contribution in [3.05, 3.63) is 42.3 Å². The number of carbonyl (C=O) groups is 1. The molecule has 7 nitrogen and oxygen atoms in total. The Balaban J connectivity index is 1.74. The predicted octanol–water partition coefficient (Wildman–Crippen LogP) is 4.24. The maximum atomic E-state index is 12.2. The Morgan fingerprint density at radius 2 is 2.07 bits per heavy atom. The number of hydrogen-bond acceptors (Lipinski definition) is 6. The van der Waals surface area contributed by atoms with E-state index in [0.29, 0.717) is 17.5 Å². The van der Waals surface area contributed by atoms with Crippen molar-refractivity contribution in [3.63, 3.8) is 0 Å². The molecular formula is C20H24N4O3S. The van der Waals surface area contributed by atoms with E-state index in [0.717, 1.165) is 28.7 Å². The highest BCUT2D eigenvalue weighted by atomic mass is 32.2. The van der Waals surface area contributed by atoms with E-state index in [1.54, 1.807) is 20.1 Å². The van der Waals surface area contributed by atoms with Crippen LogP contribution in [0, 0.1) is 12.8 Å². The van der Waals surface area contributed by atoms with Crippen molar-refractivity contribution in [3.8, 4) is 17.0 Å². The van der Waals surface area contributed by atoms with Crippen molar-refractivity contribution in [2.24, 2.45) is 5.92 Å². The number of nitrogens with zero attached hydrogens (tertiary/aromatic N) is 3. The largest absolute Gasteiger partial charge is 0.497 e. The van der Waals surface area contributed by atoms with Gasteiger partial charge in [0, 0.05) is 18.2 Å². The number of rotatable bonds is 8. The van der Waals surface area contributed by atoms with Gasteiger partial charge in [-0.05, 0) is 37.1 Å². The van der Waals surface area contributed by atoms with Crippen LogP contribution in [0.1, 0.15) is 19.6 Å². The first kappa shape index (κ1) is 20.0. The Kier molecular flexibility index (Phi) is 6.41. The van der Waals surface area contributed by atoms with Crippen LogP contribution in [0.2, 0.25) is 0 Å². The number of ether oxygens (including phenoxy) is 1. The van der Waals surface area contributed by atoms with Crippen LogP contribution in [-0.2, 0) is 11.3 Å². The van der Waals surface area contributed by atoms with Gasteiger partial charge in [0.1, 0.15) is 11.5 Å². The summed E-state index contributed by atoms with van der Waals surface area (Å²) in [5.41, 5.74) is 2.08. The number of carbonyl (C=O) groups excluding carboxylic acids is 1. The molecule has 3 aromatic rings. The monoisotopic (exact) mass is 400 g/mol. The fourth-order valence-electron chi connectivity index (χ4n) is 2.74. The second-order valence-electron chi connectivity index (χ2n) is 6.82. The summed E-state index contributed by atoms with van der Waals surface area (Å²) in [6.45, 7) is 6.91. The van der Waals surface area contributed by atoms with Gasteiger partial charge in [-0.3, -0.25) is 4.79 Å². The van der Waals surface area contributed by atoms with Gasteiger partial charge in [0.05, 0.1) is 24.8 Å². The van der Waals surface area contributed by atoms with Crippen LogP contribution in [0.15, 0.2) is 46.2 Å². The molecule has 1 amide bonds. The number of amides is 1. The lowest BCUT2D eigenvalue weighted by atomic mass is 10.1. The molecule has 8 heteroatoms. The van der Waals surface area contributed by atoms with E-state index in [9.17, 15) is 4.79 Å². The van der Waals surface area contributed by atoms with E-state index < -0.39 is 0 Å². The predicted molar refractivity (Wildman–Crippen MR) is 110 cm³/mol. The number of hydrogen-bond donors (Lipinski definition) is 1. The highest BCUT2D eigenvalue weighted by molar-refractivity contribution is 7.99. The van der Waals surface area contributed by atoms with Crippen LogP contribution in [-0.4, -0.2) is 33.5 Å². The molecule has 2 aromatic heterocycles. The third kappa shape index (κ3) is 4.95. The molecule has 0 aliphatic carbocycles. The normalized spacial score (nSPS) is 11.0. The van der Waals surface area contributed by atoms with Crippen LogP contribution in [0.4, 0.5) is 5.82 Å². The van der Waals surface area contributed by atoms with Crippen molar-refractivity contribution in [2.75, 3.05) is 18.2 Å². The van der Waals surface area contributed by atoms with Crippen LogP contribution >= 0.6 is 11.8 Å². The minimum atomic E-state index is -0.150. The molecule has 0 saturated carbocycles. The Labute approximate surface area is 168 Å². The van der Waals surface area contributed by atoms with Gasteiger partial charge in [-0.1, -0.05) is 30.8 Å². The summed E-state index contributed by atoms with van der Waals surface area (Å²) in [7, 11) is 1.65. The minimum absolute atomic E-state index is 0.150. The lowest BCUT2D eigenvalue weighted by Crippen LogP contribution is -2.15. The van der Waals surface area contributed by atoms with Crippen molar-refractivity contribution in [1.82, 2.24) is 14.7 Å². The first-order chi connectivity index (χ1) is 13.5. The summed E-state index contributed by atoms with van der Waals surface area (Å²) in [4.78, 5) is 16.8. The van der Waals surface area contributed by atoms with E-state index in [1.165, 1.54) is 11.8 Å². The van der Waals surface area contributed by atoms with Gasteiger partial charge in [0.2, 0.25) is 5.91 Å². The van der Waals surface area contributed by atoms with Crippen molar-refractivity contribution in [1.29, 1.82) is 0 Å². The highest BCUT2D eigenvalue weighted by Crippen LogP contribution is 2.28. The van der Waals surface area contributed by atoms with Crippen LogP contribution < -0.4 is 10.1 Å². The summed E-state index contributed by atoms with van der Waals surface area (Å²) in [6.07, 6.45) is 1.85. The lowest BCUT2D eigenvalue weighted by molar-refractivity contribution is -0.113. The summed E-state index contributed by atoms with van der Waals surface area (Å²) in [6, 6.07) is 9.58. The molecule has 1 aromatic carbocycles. The maximum Gasteiger partial charge on any atom is 0.236 e. The van der Waals surface area contributed by atoms with E-state index in [1.807, 2.05) is 30.5 Å². The maximum absolute atomic E-state index is 12.2. The van der Waals surface area contributed by atoms with Crippen molar-refractivity contribution in [2.45, 2.75) is 32.5 Å². The van der Waals surface area contributed by atoms with Gasteiger partial charge in [-0.15, -0.1) is 0 Å². The smallest absolute Gasteiger partial charge is 0.236 e. The molecule has 0 saturated heterocycles. The molecule has 2 heterocycles. The third-order valence-electron chi connectivity index (χ3n) is 3.98. The standard InChI is InChI=1S/C20H24N4O3S/c1-13(2)11-24-17(15-5-7-16(26-4)8-6-15)10-21-20(24)28-12-19(25)22-18-9-14(3)27-23-18/h5-10,13H,11-12H2,1-4H3,(H,22,23,25). The van der Waals surface area contributed by atoms with Crippen molar-refractivity contribution < 1.29 is 14.1 Å². The van der Waals surface area contributed by atoms with E-state index in [2.05, 4.69) is 33.9 Å². The van der Waals surface area contributed by atoms with Crippen molar-refractivity contribution >= 4 is 23.5 Å². The zero-order chi connectivity index (χ0) is 20.1. The zero-order valence-corrected chi connectivity index (χ0v) is 17.2. The van der Waals surface area contributed by atoms with Gasteiger partial charge in [0.15, 0.2) is 11.0 Å². The quantitative estimate of drug-likeness (QED) is 0.570. The molecule has 0 atom stereocenters. The van der Waals surface area contributed by atoms with Gasteiger partial charge >= 0.3 is 0 Å². The van der Waals surface area contributed by atoms with Gasteiger partial charge < -0.3 is 19.1 Å². The second kappa shape index (κ2) is 8.97. The first-order valence-corrected chi connectivity index (χ1v) is 10.0. The van der Waals surface area contributed by atoms with Gasteiger partial charge in [-0.25, -0.2) is 4.98 Å². The zero-order valence-electron chi connectivity index (χ0n) is 16.4. The van der Waals surface area contributed by atoms with E-state index >= 15 is 0 Å².